The van der Waals surface area contributed by atoms with Gasteiger partial charge >= 0.3 is 0 Å². The van der Waals surface area contributed by atoms with Crippen molar-refractivity contribution in [2.45, 2.75) is 43.7 Å². The van der Waals surface area contributed by atoms with Crippen molar-refractivity contribution in [3.8, 4) is 0 Å². The third-order valence-corrected chi connectivity index (χ3v) is 9.72. The first kappa shape index (κ1) is 24.1. The van der Waals surface area contributed by atoms with Gasteiger partial charge in [0.25, 0.3) is 0 Å². The van der Waals surface area contributed by atoms with E-state index < -0.39 is 25.7 Å². The number of piperazine rings is 1. The van der Waals surface area contributed by atoms with E-state index in [0.29, 0.717) is 19.5 Å². The van der Waals surface area contributed by atoms with Gasteiger partial charge < -0.3 is 4.90 Å². The second kappa shape index (κ2) is 9.51. The van der Waals surface area contributed by atoms with Crippen LogP contribution in [0.2, 0.25) is 0 Å². The number of carbonyl (C=O) groups excluding carboxylic acids is 1. The third kappa shape index (κ3) is 5.63. The molecule has 31 heavy (non-hydrogen) atoms. The highest BCUT2D eigenvalue weighted by atomic mass is 32.2. The van der Waals surface area contributed by atoms with E-state index in [0.717, 1.165) is 12.5 Å². The molecule has 0 saturated carbocycles. The van der Waals surface area contributed by atoms with Crippen molar-refractivity contribution in [2.24, 2.45) is 0 Å². The van der Waals surface area contributed by atoms with Crippen LogP contribution in [0, 0.1) is 5.82 Å². The minimum absolute atomic E-state index is 0.00271. The Bertz CT molecular complexity index is 1010. The van der Waals surface area contributed by atoms with Crippen LogP contribution in [-0.2, 0) is 24.7 Å². The first-order valence-corrected chi connectivity index (χ1v) is 13.8. The summed E-state index contributed by atoms with van der Waals surface area (Å²) in [6, 6.07) is 4.56. The van der Waals surface area contributed by atoms with E-state index in [2.05, 4.69) is 0 Å². The predicted octanol–water partition coefficient (Wildman–Crippen LogP) is 0.946. The highest BCUT2D eigenvalue weighted by molar-refractivity contribution is 7.91. The zero-order valence-corrected chi connectivity index (χ0v) is 19.5. The minimum Gasteiger partial charge on any atom is -0.335 e. The van der Waals surface area contributed by atoms with Gasteiger partial charge in [0.05, 0.1) is 22.9 Å². The normalized spacial score (nSPS) is 23.5. The molecule has 2 atom stereocenters. The summed E-state index contributed by atoms with van der Waals surface area (Å²) in [6.45, 7) is 5.15. The molecule has 0 radical (unpaired) electrons. The molecule has 0 N–H and O–H groups in total. The number of benzene rings is 1. The molecule has 0 aromatic heterocycles. The number of halogens is 1. The van der Waals surface area contributed by atoms with Crippen molar-refractivity contribution < 1.29 is 26.0 Å². The molecule has 0 unspecified atom stereocenters. The largest absolute Gasteiger partial charge is 0.335 e. The van der Waals surface area contributed by atoms with Crippen LogP contribution in [0.3, 0.4) is 0 Å². The van der Waals surface area contributed by atoms with Gasteiger partial charge in [-0.2, -0.15) is 4.31 Å². The second-order valence-corrected chi connectivity index (χ2v) is 12.4. The fourth-order valence-corrected chi connectivity index (χ4v) is 7.34. The molecule has 2 fully saturated rings. The summed E-state index contributed by atoms with van der Waals surface area (Å²) in [5.41, 5.74) is 0. The lowest BCUT2D eigenvalue weighted by Gasteiger charge is -2.38. The van der Waals surface area contributed by atoms with Crippen LogP contribution in [0.25, 0.3) is 0 Å². The zero-order chi connectivity index (χ0) is 22.8. The molecular formula is C20H30FN3O5S2. The predicted molar refractivity (Wildman–Crippen MR) is 115 cm³/mol. The highest BCUT2D eigenvalue weighted by Gasteiger charge is 2.37. The van der Waals surface area contributed by atoms with Crippen molar-refractivity contribution in [1.82, 2.24) is 14.1 Å². The molecule has 2 aliphatic heterocycles. The van der Waals surface area contributed by atoms with E-state index in [1.807, 2.05) is 18.7 Å². The first-order chi connectivity index (χ1) is 14.5. The van der Waals surface area contributed by atoms with Gasteiger partial charge in [0, 0.05) is 38.3 Å². The van der Waals surface area contributed by atoms with Crippen molar-refractivity contribution in [3.05, 3.63) is 30.1 Å². The van der Waals surface area contributed by atoms with Gasteiger partial charge in [-0.25, -0.2) is 21.2 Å². The molecule has 2 heterocycles. The number of sulfone groups is 1. The van der Waals surface area contributed by atoms with E-state index in [9.17, 15) is 26.0 Å². The Morgan fingerprint density at radius 1 is 1.26 bits per heavy atom. The van der Waals surface area contributed by atoms with Gasteiger partial charge in [0.15, 0.2) is 9.84 Å². The molecule has 2 saturated heterocycles. The SMILES string of the molecule is CC[C@@H](C)N(C(=O)CN1CCN(S(=O)(=O)c2cccc(F)c2)CC1)[C@@H]1CCS(=O)(=O)C1. The summed E-state index contributed by atoms with van der Waals surface area (Å²) in [5.74, 6) is -0.626. The number of nitrogens with zero attached hydrogens (tertiary/aromatic N) is 3. The molecule has 1 aromatic carbocycles. The smallest absolute Gasteiger partial charge is 0.243 e. The van der Waals surface area contributed by atoms with Gasteiger partial charge in [-0.3, -0.25) is 9.69 Å². The van der Waals surface area contributed by atoms with Gasteiger partial charge in [-0.1, -0.05) is 13.0 Å². The molecule has 1 amide bonds. The number of carbonyl (C=O) groups is 1. The summed E-state index contributed by atoms with van der Waals surface area (Å²) in [7, 11) is -6.90. The number of amides is 1. The van der Waals surface area contributed by atoms with Gasteiger partial charge in [0.2, 0.25) is 15.9 Å². The Morgan fingerprint density at radius 3 is 2.48 bits per heavy atom. The van der Waals surface area contributed by atoms with Gasteiger partial charge in [0.1, 0.15) is 5.82 Å². The quantitative estimate of drug-likeness (QED) is 0.583. The van der Waals surface area contributed by atoms with Crippen LogP contribution in [0.5, 0.6) is 0 Å². The summed E-state index contributed by atoms with van der Waals surface area (Å²) >= 11 is 0. The van der Waals surface area contributed by atoms with Crippen molar-refractivity contribution >= 4 is 25.8 Å². The molecule has 174 valence electrons. The molecule has 11 heteroatoms. The van der Waals surface area contributed by atoms with E-state index >= 15 is 0 Å². The van der Waals surface area contributed by atoms with Crippen molar-refractivity contribution in [2.75, 3.05) is 44.2 Å². The molecule has 0 bridgehead atoms. The summed E-state index contributed by atoms with van der Waals surface area (Å²) in [4.78, 5) is 16.6. The van der Waals surface area contributed by atoms with Crippen molar-refractivity contribution in [3.63, 3.8) is 0 Å². The number of hydrogen-bond acceptors (Lipinski definition) is 6. The lowest BCUT2D eigenvalue weighted by atomic mass is 10.1. The monoisotopic (exact) mass is 475 g/mol. The standard InChI is InChI=1S/C20H30FN3O5S2/c1-3-16(2)24(18-7-12-30(26,27)15-18)20(25)14-22-8-10-23(11-9-22)31(28,29)19-6-4-5-17(21)13-19/h4-6,13,16,18H,3,7-12,14-15H2,1-2H3/t16-,18-/m1/s1. The Labute approximate surface area is 184 Å². The average molecular weight is 476 g/mol. The van der Waals surface area contributed by atoms with Crippen LogP contribution in [0.4, 0.5) is 4.39 Å². The zero-order valence-electron chi connectivity index (χ0n) is 17.9. The van der Waals surface area contributed by atoms with E-state index in [1.165, 1.54) is 22.5 Å². The fraction of sp³-hybridized carbons (Fsp3) is 0.650. The summed E-state index contributed by atoms with van der Waals surface area (Å²) in [5, 5.41) is 0. The molecule has 2 aliphatic rings. The van der Waals surface area contributed by atoms with E-state index in [4.69, 9.17) is 0 Å². The van der Waals surface area contributed by atoms with Crippen molar-refractivity contribution in [1.29, 1.82) is 0 Å². The summed E-state index contributed by atoms with van der Waals surface area (Å²) in [6.07, 6.45) is 1.18. The molecule has 0 aliphatic carbocycles. The Balaban J connectivity index is 1.62. The maximum absolute atomic E-state index is 13.4. The van der Waals surface area contributed by atoms with Gasteiger partial charge in [-0.15, -0.1) is 0 Å². The topological polar surface area (TPSA) is 95.1 Å². The molecule has 0 spiro atoms. The molecule has 1 aromatic rings. The molecular weight excluding hydrogens is 445 g/mol. The maximum Gasteiger partial charge on any atom is 0.243 e. The van der Waals surface area contributed by atoms with Crippen LogP contribution < -0.4 is 0 Å². The lowest BCUT2D eigenvalue weighted by Crippen LogP contribution is -2.54. The van der Waals surface area contributed by atoms with E-state index in [1.54, 1.807) is 4.90 Å². The third-order valence-electron chi connectivity index (χ3n) is 6.08. The second-order valence-electron chi connectivity index (χ2n) is 8.25. The fourth-order valence-electron chi connectivity index (χ4n) is 4.18. The highest BCUT2D eigenvalue weighted by Crippen LogP contribution is 2.22. The Morgan fingerprint density at radius 2 is 1.94 bits per heavy atom. The number of rotatable bonds is 7. The first-order valence-electron chi connectivity index (χ1n) is 10.5. The van der Waals surface area contributed by atoms with Crippen LogP contribution in [0.15, 0.2) is 29.2 Å². The Hall–Kier alpha value is -1.56. The molecule has 8 nitrogen and oxygen atoms in total. The number of sulfonamides is 1. The average Bonchev–Trinajstić information content (AvgIpc) is 3.07. The maximum atomic E-state index is 13.4. The van der Waals surface area contributed by atoms with E-state index in [-0.39, 0.29) is 54.0 Å². The Kier molecular flexibility index (Phi) is 7.39. The summed E-state index contributed by atoms with van der Waals surface area (Å²) < 4.78 is 64.1. The van der Waals surface area contributed by atoms with Gasteiger partial charge in [-0.05, 0) is 38.0 Å². The van der Waals surface area contributed by atoms with Crippen LogP contribution in [-0.4, -0.2) is 93.2 Å². The molecule has 3 rings (SSSR count). The minimum atomic E-state index is -3.79. The lowest BCUT2D eigenvalue weighted by molar-refractivity contribution is -0.137. The number of hydrogen-bond donors (Lipinski definition) is 0. The van der Waals surface area contributed by atoms with Crippen LogP contribution >= 0.6 is 0 Å². The van der Waals surface area contributed by atoms with Crippen LogP contribution in [0.1, 0.15) is 26.7 Å².